The summed E-state index contributed by atoms with van der Waals surface area (Å²) in [6.07, 6.45) is 3.25. The van der Waals surface area contributed by atoms with Gasteiger partial charge in [0, 0.05) is 32.0 Å². The van der Waals surface area contributed by atoms with Crippen LogP contribution < -0.4 is 20.7 Å². The fourth-order valence-electron chi connectivity index (χ4n) is 1.66. The maximum atomic E-state index is 11.5. The van der Waals surface area contributed by atoms with Crippen molar-refractivity contribution in [1.82, 2.24) is 15.6 Å². The van der Waals surface area contributed by atoms with E-state index in [1.54, 1.807) is 49.5 Å². The number of hydrogen-bond acceptors (Lipinski definition) is 4. The van der Waals surface area contributed by atoms with E-state index in [1.165, 1.54) is 13.2 Å². The minimum absolute atomic E-state index is 0.276. The van der Waals surface area contributed by atoms with E-state index in [-0.39, 0.29) is 17.6 Å². The lowest BCUT2D eigenvalue weighted by molar-refractivity contribution is 0.0958. The molecule has 0 aliphatic rings. The van der Waals surface area contributed by atoms with Crippen molar-refractivity contribution in [2.24, 2.45) is 0 Å². The number of pyridine rings is 1. The predicted octanol–water partition coefficient (Wildman–Crippen LogP) is 3.18. The molecule has 0 radical (unpaired) electrons. The number of aromatic nitrogens is 1. The number of carbonyl (C=O) groups excluding carboxylic acids is 2. The molecular weight excluding hydrogens is 320 g/mol. The molecule has 0 aliphatic carbocycles. The van der Waals surface area contributed by atoms with Crippen molar-refractivity contribution < 1.29 is 14.3 Å². The first-order valence-corrected chi connectivity index (χ1v) is 7.55. The van der Waals surface area contributed by atoms with Crippen LogP contribution in [0, 0.1) is 0 Å². The maximum absolute atomic E-state index is 11.5. The highest BCUT2D eigenvalue weighted by atomic mass is 16.5. The Balaban J connectivity index is 0.000000970. The van der Waals surface area contributed by atoms with Crippen LogP contribution in [0.25, 0.3) is 0 Å². The van der Waals surface area contributed by atoms with E-state index < -0.39 is 0 Å². The summed E-state index contributed by atoms with van der Waals surface area (Å²) in [5, 5.41) is 7.61. The number of allylic oxidation sites excluding steroid dienone is 1. The molecule has 7 heteroatoms. The van der Waals surface area contributed by atoms with Crippen LogP contribution in [0.3, 0.4) is 0 Å². The zero-order valence-electron chi connectivity index (χ0n) is 14.5. The highest BCUT2D eigenvalue weighted by Gasteiger charge is 2.07. The monoisotopic (exact) mass is 342 g/mol. The molecule has 0 atom stereocenters. The molecule has 0 bridgehead atoms. The van der Waals surface area contributed by atoms with Gasteiger partial charge in [-0.2, -0.15) is 0 Å². The minimum Gasteiger partial charge on any atom is -0.457 e. The summed E-state index contributed by atoms with van der Waals surface area (Å²) in [6.45, 7) is 5.25. The summed E-state index contributed by atoms with van der Waals surface area (Å²) < 4.78 is 5.65. The summed E-state index contributed by atoms with van der Waals surface area (Å²) >= 11 is 0. The first-order valence-electron chi connectivity index (χ1n) is 7.55. The van der Waals surface area contributed by atoms with Gasteiger partial charge >= 0.3 is 6.03 Å². The molecular formula is C18H22N4O3. The Hall–Kier alpha value is -3.35. The third-order valence-corrected chi connectivity index (χ3v) is 2.77. The van der Waals surface area contributed by atoms with Gasteiger partial charge in [-0.3, -0.25) is 9.78 Å². The zero-order valence-corrected chi connectivity index (χ0v) is 14.5. The van der Waals surface area contributed by atoms with Crippen molar-refractivity contribution in [1.29, 1.82) is 0 Å². The Morgan fingerprint density at radius 2 is 1.72 bits per heavy atom. The van der Waals surface area contributed by atoms with E-state index in [1.807, 2.05) is 6.92 Å². The molecule has 2 rings (SSSR count). The third kappa shape index (κ3) is 6.74. The SMILES string of the molecule is C=CC.CNC(=O)Nc1ccc(Oc2ccnc(C(=O)NC)c2)cc1. The highest BCUT2D eigenvalue weighted by molar-refractivity contribution is 5.92. The molecule has 1 heterocycles. The second-order valence-electron chi connectivity index (χ2n) is 4.69. The summed E-state index contributed by atoms with van der Waals surface area (Å²) in [5.41, 5.74) is 0.922. The Morgan fingerprint density at radius 3 is 2.28 bits per heavy atom. The summed E-state index contributed by atoms with van der Waals surface area (Å²) in [7, 11) is 3.08. The van der Waals surface area contributed by atoms with Gasteiger partial charge in [-0.1, -0.05) is 6.08 Å². The van der Waals surface area contributed by atoms with Crippen molar-refractivity contribution in [2.45, 2.75) is 6.92 Å². The van der Waals surface area contributed by atoms with Gasteiger partial charge in [0.1, 0.15) is 17.2 Å². The van der Waals surface area contributed by atoms with Gasteiger partial charge < -0.3 is 20.7 Å². The fourth-order valence-corrected chi connectivity index (χ4v) is 1.66. The number of urea groups is 1. The molecule has 2 aromatic rings. The van der Waals surface area contributed by atoms with E-state index in [0.29, 0.717) is 17.2 Å². The number of carbonyl (C=O) groups is 2. The zero-order chi connectivity index (χ0) is 18.7. The molecule has 1 aromatic carbocycles. The molecule has 0 saturated carbocycles. The van der Waals surface area contributed by atoms with Crippen LogP contribution in [-0.2, 0) is 0 Å². The number of benzene rings is 1. The molecule has 1 aromatic heterocycles. The van der Waals surface area contributed by atoms with Crippen LogP contribution in [-0.4, -0.2) is 31.0 Å². The fraction of sp³-hybridized carbons (Fsp3) is 0.167. The number of nitrogens with zero attached hydrogens (tertiary/aromatic N) is 1. The van der Waals surface area contributed by atoms with Gasteiger partial charge in [-0.25, -0.2) is 4.79 Å². The van der Waals surface area contributed by atoms with Crippen molar-refractivity contribution in [3.8, 4) is 11.5 Å². The molecule has 7 nitrogen and oxygen atoms in total. The Morgan fingerprint density at radius 1 is 1.08 bits per heavy atom. The molecule has 3 N–H and O–H groups in total. The second-order valence-corrected chi connectivity index (χ2v) is 4.69. The van der Waals surface area contributed by atoms with Crippen molar-refractivity contribution >= 4 is 17.6 Å². The molecule has 0 unspecified atom stereocenters. The number of amides is 3. The van der Waals surface area contributed by atoms with Gasteiger partial charge in [0.15, 0.2) is 0 Å². The number of ether oxygens (including phenoxy) is 1. The lowest BCUT2D eigenvalue weighted by Crippen LogP contribution is -2.24. The maximum Gasteiger partial charge on any atom is 0.318 e. The molecule has 132 valence electrons. The van der Waals surface area contributed by atoms with Gasteiger partial charge in [0.05, 0.1) is 0 Å². The first kappa shape index (κ1) is 19.7. The summed E-state index contributed by atoms with van der Waals surface area (Å²) in [5.74, 6) is 0.799. The topological polar surface area (TPSA) is 92.3 Å². The molecule has 0 fully saturated rings. The smallest absolute Gasteiger partial charge is 0.318 e. The van der Waals surface area contributed by atoms with Crippen LogP contribution in [0.5, 0.6) is 11.5 Å². The first-order chi connectivity index (χ1) is 12.0. The molecule has 0 spiro atoms. The van der Waals surface area contributed by atoms with Gasteiger partial charge in [0.25, 0.3) is 5.91 Å². The van der Waals surface area contributed by atoms with Crippen LogP contribution in [0.4, 0.5) is 10.5 Å². The van der Waals surface area contributed by atoms with Gasteiger partial charge in [-0.15, -0.1) is 6.58 Å². The van der Waals surface area contributed by atoms with Gasteiger partial charge in [0.2, 0.25) is 0 Å². The van der Waals surface area contributed by atoms with Crippen molar-refractivity contribution in [3.63, 3.8) is 0 Å². The van der Waals surface area contributed by atoms with Crippen LogP contribution >= 0.6 is 0 Å². The molecule has 0 aliphatic heterocycles. The van der Waals surface area contributed by atoms with Crippen LogP contribution in [0.15, 0.2) is 55.3 Å². The molecule has 3 amide bonds. The highest BCUT2D eigenvalue weighted by Crippen LogP contribution is 2.23. The summed E-state index contributed by atoms with van der Waals surface area (Å²) in [4.78, 5) is 26.7. The van der Waals surface area contributed by atoms with Gasteiger partial charge in [-0.05, 0) is 37.3 Å². The minimum atomic E-state index is -0.293. The third-order valence-electron chi connectivity index (χ3n) is 2.77. The standard InChI is InChI=1S/C15H16N4O3.C3H6/c1-16-14(20)13-9-12(7-8-18-13)22-11-5-3-10(4-6-11)19-15(21)17-2;1-3-2/h3-9H,1-2H3,(H,16,20)(H2,17,19,21);3H,1H2,2H3. The normalized spacial score (nSPS) is 9.08. The average molecular weight is 342 g/mol. The van der Waals surface area contributed by atoms with E-state index >= 15 is 0 Å². The number of hydrogen-bond donors (Lipinski definition) is 3. The average Bonchev–Trinajstić information content (AvgIpc) is 2.63. The number of anilines is 1. The van der Waals surface area contributed by atoms with Crippen molar-refractivity contribution in [2.75, 3.05) is 19.4 Å². The van der Waals surface area contributed by atoms with E-state index in [4.69, 9.17) is 4.74 Å². The Kier molecular flexibility index (Phi) is 8.22. The molecule has 0 saturated heterocycles. The van der Waals surface area contributed by atoms with Crippen LogP contribution in [0.1, 0.15) is 17.4 Å². The molecule has 25 heavy (non-hydrogen) atoms. The Labute approximate surface area is 147 Å². The predicted molar refractivity (Wildman–Crippen MR) is 98.1 cm³/mol. The lowest BCUT2D eigenvalue weighted by atomic mass is 10.3. The number of rotatable bonds is 4. The largest absolute Gasteiger partial charge is 0.457 e. The summed E-state index contributed by atoms with van der Waals surface area (Å²) in [6, 6.07) is 9.77. The van der Waals surface area contributed by atoms with E-state index in [0.717, 1.165) is 0 Å². The lowest BCUT2D eigenvalue weighted by Gasteiger charge is -2.08. The quantitative estimate of drug-likeness (QED) is 0.744. The second kappa shape index (κ2) is 10.4. The number of nitrogens with one attached hydrogen (secondary N) is 3. The van der Waals surface area contributed by atoms with Crippen molar-refractivity contribution in [3.05, 3.63) is 60.9 Å². The van der Waals surface area contributed by atoms with E-state index in [9.17, 15) is 9.59 Å². The van der Waals surface area contributed by atoms with Crippen LogP contribution in [0.2, 0.25) is 0 Å². The Bertz CT molecular complexity index is 715. The van der Waals surface area contributed by atoms with E-state index in [2.05, 4.69) is 27.5 Å².